The van der Waals surface area contributed by atoms with Crippen molar-refractivity contribution >= 4 is 28.1 Å². The van der Waals surface area contributed by atoms with Crippen LogP contribution < -0.4 is 9.64 Å². The van der Waals surface area contributed by atoms with Crippen LogP contribution >= 0.6 is 0 Å². The maximum absolute atomic E-state index is 14.6. The number of anilines is 1. The van der Waals surface area contributed by atoms with Gasteiger partial charge in [-0.2, -0.15) is 18.3 Å². The van der Waals surface area contributed by atoms with E-state index < -0.39 is 11.9 Å². The molecule has 0 fully saturated rings. The monoisotopic (exact) mass is 641 g/mol. The standard InChI is InChI=1S/C35H34F3N7O2/c1-21-13-31(29-17-24(47-4)16-26(32(29)40-21)23-5-9-42(2)10-6-23)45-11-7-25-27(30-19-43(3)41-33(30)35(36,37)38)14-22(15-28(25)34(45)46)18-44-12-8-39-20-44/h5,8,12-17,19-20H,6-7,9-11,18H2,1-4H3. The van der Waals surface area contributed by atoms with E-state index in [4.69, 9.17) is 9.72 Å². The number of imidazole rings is 1. The number of amides is 1. The molecule has 2 aliphatic rings. The number of ether oxygens (including phenoxy) is 1. The maximum Gasteiger partial charge on any atom is 0.435 e. The highest BCUT2D eigenvalue weighted by atomic mass is 19.4. The number of carbonyl (C=O) groups is 1. The summed E-state index contributed by atoms with van der Waals surface area (Å²) in [4.78, 5) is 27.6. The Morgan fingerprint density at radius 2 is 1.79 bits per heavy atom. The molecule has 0 bridgehead atoms. The van der Waals surface area contributed by atoms with Crippen LogP contribution in [0.4, 0.5) is 18.9 Å². The molecule has 3 aromatic heterocycles. The zero-order valence-electron chi connectivity index (χ0n) is 26.6. The third kappa shape index (κ3) is 5.67. The molecule has 9 nitrogen and oxygen atoms in total. The molecule has 5 heterocycles. The minimum Gasteiger partial charge on any atom is -0.497 e. The van der Waals surface area contributed by atoms with Crippen molar-refractivity contribution in [2.45, 2.75) is 32.5 Å². The number of carbonyl (C=O) groups excluding carboxylic acids is 1. The van der Waals surface area contributed by atoms with Crippen LogP contribution in [0.15, 0.2) is 61.3 Å². The first kappa shape index (κ1) is 30.7. The van der Waals surface area contributed by atoms with Crippen LogP contribution in [0.1, 0.15) is 44.9 Å². The van der Waals surface area contributed by atoms with E-state index in [1.54, 1.807) is 42.9 Å². The summed E-state index contributed by atoms with van der Waals surface area (Å²) in [6, 6.07) is 9.35. The van der Waals surface area contributed by atoms with E-state index >= 15 is 0 Å². The van der Waals surface area contributed by atoms with E-state index in [2.05, 4.69) is 28.1 Å². The van der Waals surface area contributed by atoms with Gasteiger partial charge in [0.15, 0.2) is 5.69 Å². The fourth-order valence-corrected chi connectivity index (χ4v) is 6.72. The normalized spacial score (nSPS) is 15.7. The molecule has 0 saturated carbocycles. The van der Waals surface area contributed by atoms with Crippen LogP contribution in [0.5, 0.6) is 5.75 Å². The van der Waals surface area contributed by atoms with Crippen LogP contribution in [0.3, 0.4) is 0 Å². The van der Waals surface area contributed by atoms with Gasteiger partial charge in [0, 0.05) is 79.6 Å². The summed E-state index contributed by atoms with van der Waals surface area (Å²) in [5.41, 5.74) is 5.34. The highest BCUT2D eigenvalue weighted by molar-refractivity contribution is 6.14. The minimum atomic E-state index is -4.66. The molecule has 0 radical (unpaired) electrons. The number of nitrogens with zero attached hydrogens (tertiary/aromatic N) is 7. The van der Waals surface area contributed by atoms with Gasteiger partial charge in [-0.3, -0.25) is 14.5 Å². The van der Waals surface area contributed by atoms with E-state index in [1.807, 2.05) is 29.7 Å². The first-order chi connectivity index (χ1) is 22.5. The topological polar surface area (TPSA) is 81.3 Å². The summed E-state index contributed by atoms with van der Waals surface area (Å²) < 4.78 is 51.3. The molecule has 2 aromatic carbocycles. The second-order valence-electron chi connectivity index (χ2n) is 12.3. The summed E-state index contributed by atoms with van der Waals surface area (Å²) >= 11 is 0. The third-order valence-corrected chi connectivity index (χ3v) is 8.96. The minimum absolute atomic E-state index is 0.0454. The first-order valence-electron chi connectivity index (χ1n) is 15.4. The number of halogens is 3. The molecule has 5 aromatic rings. The Morgan fingerprint density at radius 1 is 0.979 bits per heavy atom. The third-order valence-electron chi connectivity index (χ3n) is 8.96. The molecule has 47 heavy (non-hydrogen) atoms. The Hall–Kier alpha value is -4.97. The molecule has 7 rings (SSSR count). The van der Waals surface area contributed by atoms with Gasteiger partial charge in [-0.25, -0.2) is 4.98 Å². The molecular formula is C35H34F3N7O2. The van der Waals surface area contributed by atoms with E-state index in [-0.39, 0.29) is 18.0 Å². The number of aromatic nitrogens is 5. The van der Waals surface area contributed by atoms with Gasteiger partial charge in [0.1, 0.15) is 5.75 Å². The van der Waals surface area contributed by atoms with Gasteiger partial charge in [-0.05, 0) is 79.4 Å². The SMILES string of the molecule is COc1cc(C2=CCN(C)CC2)c2nc(C)cc(N3CCc4c(cc(Cn5ccnc5)cc4-c4cn(C)nc4C(F)(F)F)C3=O)c2c1. The highest BCUT2D eigenvalue weighted by Gasteiger charge is 2.39. The van der Waals surface area contributed by atoms with E-state index in [0.717, 1.165) is 41.7 Å². The van der Waals surface area contributed by atoms with Crippen LogP contribution in [-0.2, 0) is 26.2 Å². The van der Waals surface area contributed by atoms with Crippen molar-refractivity contribution in [3.8, 4) is 16.9 Å². The lowest BCUT2D eigenvalue weighted by molar-refractivity contribution is -0.140. The number of alkyl halides is 3. The van der Waals surface area contributed by atoms with Crippen molar-refractivity contribution in [3.05, 3.63) is 95.0 Å². The predicted molar refractivity (Wildman–Crippen MR) is 173 cm³/mol. The average Bonchev–Trinajstić information content (AvgIpc) is 3.70. The number of pyridine rings is 1. The van der Waals surface area contributed by atoms with E-state index in [9.17, 15) is 18.0 Å². The highest BCUT2D eigenvalue weighted by Crippen LogP contribution is 2.42. The zero-order chi connectivity index (χ0) is 33.0. The van der Waals surface area contributed by atoms with Crippen LogP contribution in [0, 0.1) is 6.92 Å². The molecular weight excluding hydrogens is 607 g/mol. The van der Waals surface area contributed by atoms with Crippen molar-refractivity contribution in [2.24, 2.45) is 7.05 Å². The van der Waals surface area contributed by atoms with E-state index in [1.165, 1.54) is 23.5 Å². The summed E-state index contributed by atoms with van der Waals surface area (Å²) in [5, 5.41) is 4.54. The lowest BCUT2D eigenvalue weighted by Crippen LogP contribution is -2.38. The summed E-state index contributed by atoms with van der Waals surface area (Å²) in [6.07, 6.45) is 5.17. The lowest BCUT2D eigenvalue weighted by Gasteiger charge is -2.32. The average molecular weight is 642 g/mol. The fourth-order valence-electron chi connectivity index (χ4n) is 6.72. The van der Waals surface area contributed by atoms with Crippen molar-refractivity contribution < 1.29 is 22.7 Å². The summed E-state index contributed by atoms with van der Waals surface area (Å²) in [7, 11) is 5.17. The molecule has 1 amide bonds. The summed E-state index contributed by atoms with van der Waals surface area (Å²) in [6.45, 7) is 4.26. The molecule has 0 spiro atoms. The van der Waals surface area contributed by atoms with Crippen LogP contribution in [0.2, 0.25) is 0 Å². The van der Waals surface area contributed by atoms with Gasteiger partial charge in [0.2, 0.25) is 0 Å². The lowest BCUT2D eigenvalue weighted by atomic mass is 9.87. The first-order valence-corrected chi connectivity index (χ1v) is 15.4. The Bertz CT molecular complexity index is 2050. The zero-order valence-corrected chi connectivity index (χ0v) is 26.6. The second kappa shape index (κ2) is 11.7. The van der Waals surface area contributed by atoms with Crippen molar-refractivity contribution in [1.82, 2.24) is 29.2 Å². The van der Waals surface area contributed by atoms with Crippen molar-refractivity contribution in [2.75, 3.05) is 38.7 Å². The van der Waals surface area contributed by atoms with Crippen LogP contribution in [-0.4, -0.2) is 68.9 Å². The van der Waals surface area contributed by atoms with Gasteiger partial charge in [0.05, 0.1) is 24.6 Å². The van der Waals surface area contributed by atoms with Gasteiger partial charge in [0.25, 0.3) is 5.91 Å². The second-order valence-corrected chi connectivity index (χ2v) is 12.3. The fraction of sp³-hybridized carbons (Fsp3) is 0.314. The van der Waals surface area contributed by atoms with Gasteiger partial charge < -0.3 is 19.1 Å². The number of rotatable bonds is 6. The van der Waals surface area contributed by atoms with Gasteiger partial charge >= 0.3 is 6.18 Å². The number of methoxy groups -OCH3 is 1. The van der Waals surface area contributed by atoms with Crippen molar-refractivity contribution in [3.63, 3.8) is 0 Å². The largest absolute Gasteiger partial charge is 0.497 e. The molecule has 0 N–H and O–H groups in total. The molecule has 2 aliphatic heterocycles. The number of fused-ring (bicyclic) bond motifs is 2. The Morgan fingerprint density at radius 3 is 2.49 bits per heavy atom. The van der Waals surface area contributed by atoms with Crippen molar-refractivity contribution in [1.29, 1.82) is 0 Å². The Kier molecular flexibility index (Phi) is 7.62. The molecule has 242 valence electrons. The number of aryl methyl sites for hydroxylation is 2. The number of hydrogen-bond donors (Lipinski definition) is 0. The number of hydrogen-bond acceptors (Lipinski definition) is 6. The number of benzene rings is 2. The van der Waals surface area contributed by atoms with Gasteiger partial charge in [-0.15, -0.1) is 0 Å². The quantitative estimate of drug-likeness (QED) is 0.222. The van der Waals surface area contributed by atoms with Gasteiger partial charge in [-0.1, -0.05) is 6.08 Å². The maximum atomic E-state index is 14.6. The molecule has 0 unspecified atom stereocenters. The van der Waals surface area contributed by atoms with E-state index in [0.29, 0.717) is 46.7 Å². The molecule has 0 aliphatic carbocycles. The Balaban J connectivity index is 1.39. The molecule has 0 saturated heterocycles. The summed E-state index contributed by atoms with van der Waals surface area (Å²) in [5.74, 6) is 0.373. The predicted octanol–water partition coefficient (Wildman–Crippen LogP) is 6.14. The Labute approximate surface area is 269 Å². The molecule has 12 heteroatoms. The smallest absolute Gasteiger partial charge is 0.435 e. The molecule has 0 atom stereocenters. The number of likely N-dealkylation sites (N-methyl/N-ethyl adjacent to an activating group) is 1. The van der Waals surface area contributed by atoms with Crippen LogP contribution in [0.25, 0.3) is 27.6 Å².